The first-order valence-corrected chi connectivity index (χ1v) is 8.75. The van der Waals surface area contributed by atoms with Crippen LogP contribution in [-0.4, -0.2) is 20.9 Å². The monoisotopic (exact) mass is 354 g/mol. The second-order valence-corrected chi connectivity index (χ2v) is 6.68. The number of carbonyl (C=O) groups excluding carboxylic acids is 1. The average molecular weight is 354 g/mol. The maximum atomic E-state index is 12.4. The normalized spacial score (nSPS) is 11.9. The second-order valence-electron chi connectivity index (χ2n) is 5.70. The van der Waals surface area contributed by atoms with Crippen LogP contribution in [-0.2, 0) is 11.2 Å². The fourth-order valence-corrected chi connectivity index (χ4v) is 3.25. The van der Waals surface area contributed by atoms with Crippen LogP contribution in [0.15, 0.2) is 46.8 Å². The van der Waals surface area contributed by atoms with Gasteiger partial charge in [-0.3, -0.25) is 14.6 Å². The van der Waals surface area contributed by atoms with E-state index in [-0.39, 0.29) is 23.9 Å². The molecule has 0 saturated heterocycles. The van der Waals surface area contributed by atoms with Gasteiger partial charge in [-0.05, 0) is 37.4 Å². The second kappa shape index (κ2) is 7.40. The maximum absolute atomic E-state index is 12.4. The molecule has 0 aromatic carbocycles. The van der Waals surface area contributed by atoms with E-state index in [0.717, 1.165) is 10.4 Å². The minimum absolute atomic E-state index is 0.00278. The molecule has 0 aliphatic carbocycles. The molecule has 1 amide bonds. The Kier molecular flexibility index (Phi) is 5.04. The molecule has 3 rings (SSSR count). The molecule has 1 atom stereocenters. The molecule has 0 aliphatic rings. The number of thiophene rings is 1. The minimum atomic E-state index is -0.301. The standard InChI is InChI=1S/C18H18N4O2S/c1-11-14(9-16(23)20-12(2)15-6-4-8-25-15)18(24)22-17(21-11)13-5-3-7-19-10-13/h3-8,10,12H,9H2,1-2H3,(H,20,23)(H,21,22,24)/t12-/m0/s1. The number of hydrogen-bond acceptors (Lipinski definition) is 5. The van der Waals surface area contributed by atoms with Gasteiger partial charge in [0, 0.05) is 34.1 Å². The molecule has 0 unspecified atom stereocenters. The highest BCUT2D eigenvalue weighted by Crippen LogP contribution is 2.18. The SMILES string of the molecule is Cc1nc(-c2cccnc2)[nH]c(=O)c1CC(=O)N[C@@H](C)c1cccs1. The quantitative estimate of drug-likeness (QED) is 0.737. The number of amides is 1. The van der Waals surface area contributed by atoms with Crippen molar-refractivity contribution < 1.29 is 4.79 Å². The minimum Gasteiger partial charge on any atom is -0.348 e. The maximum Gasteiger partial charge on any atom is 0.255 e. The summed E-state index contributed by atoms with van der Waals surface area (Å²) >= 11 is 1.58. The summed E-state index contributed by atoms with van der Waals surface area (Å²) in [6.07, 6.45) is 3.28. The van der Waals surface area contributed by atoms with E-state index < -0.39 is 0 Å². The molecule has 2 N–H and O–H groups in total. The van der Waals surface area contributed by atoms with Crippen molar-refractivity contribution in [2.45, 2.75) is 26.3 Å². The zero-order chi connectivity index (χ0) is 17.8. The molecule has 0 bridgehead atoms. The molecule has 6 nitrogen and oxygen atoms in total. The molecule has 0 spiro atoms. The van der Waals surface area contributed by atoms with Gasteiger partial charge in [0.05, 0.1) is 12.5 Å². The van der Waals surface area contributed by atoms with Crippen molar-refractivity contribution in [1.82, 2.24) is 20.3 Å². The summed E-state index contributed by atoms with van der Waals surface area (Å²) in [5.41, 5.74) is 1.35. The summed E-state index contributed by atoms with van der Waals surface area (Å²) in [6, 6.07) is 7.42. The third-order valence-electron chi connectivity index (χ3n) is 3.84. The summed E-state index contributed by atoms with van der Waals surface area (Å²) in [5.74, 6) is 0.247. The topological polar surface area (TPSA) is 87.7 Å². The summed E-state index contributed by atoms with van der Waals surface area (Å²) in [7, 11) is 0. The fraction of sp³-hybridized carbons (Fsp3) is 0.222. The molecule has 3 aromatic heterocycles. The first kappa shape index (κ1) is 17.0. The molecule has 7 heteroatoms. The molecular formula is C18H18N4O2S. The van der Waals surface area contributed by atoms with Gasteiger partial charge < -0.3 is 10.3 Å². The Morgan fingerprint density at radius 2 is 2.20 bits per heavy atom. The Bertz CT molecular complexity index is 920. The third kappa shape index (κ3) is 4.00. The molecule has 0 aliphatic heterocycles. The number of aryl methyl sites for hydroxylation is 1. The number of aromatic nitrogens is 3. The number of nitrogens with zero attached hydrogens (tertiary/aromatic N) is 2. The number of rotatable bonds is 5. The van der Waals surface area contributed by atoms with Crippen LogP contribution < -0.4 is 10.9 Å². The van der Waals surface area contributed by atoms with Crippen LogP contribution in [0.2, 0.25) is 0 Å². The van der Waals surface area contributed by atoms with E-state index in [1.807, 2.05) is 30.5 Å². The largest absolute Gasteiger partial charge is 0.348 e. The number of hydrogen-bond donors (Lipinski definition) is 2. The lowest BCUT2D eigenvalue weighted by Crippen LogP contribution is -2.30. The summed E-state index contributed by atoms with van der Waals surface area (Å²) in [4.78, 5) is 36.9. The Morgan fingerprint density at radius 3 is 2.84 bits per heavy atom. The van der Waals surface area contributed by atoms with E-state index in [0.29, 0.717) is 17.1 Å². The van der Waals surface area contributed by atoms with Crippen molar-refractivity contribution >= 4 is 17.2 Å². The lowest BCUT2D eigenvalue weighted by molar-refractivity contribution is -0.121. The zero-order valence-electron chi connectivity index (χ0n) is 13.9. The number of H-pyrrole nitrogens is 1. The van der Waals surface area contributed by atoms with Crippen molar-refractivity contribution in [3.8, 4) is 11.4 Å². The predicted molar refractivity (Wildman–Crippen MR) is 97.4 cm³/mol. The molecule has 0 radical (unpaired) electrons. The highest BCUT2D eigenvalue weighted by molar-refractivity contribution is 7.10. The van der Waals surface area contributed by atoms with Gasteiger partial charge in [0.25, 0.3) is 5.56 Å². The van der Waals surface area contributed by atoms with Crippen LogP contribution in [0.1, 0.15) is 29.1 Å². The van der Waals surface area contributed by atoms with Gasteiger partial charge in [0.15, 0.2) is 0 Å². The van der Waals surface area contributed by atoms with Crippen LogP contribution >= 0.6 is 11.3 Å². The highest BCUT2D eigenvalue weighted by Gasteiger charge is 2.16. The van der Waals surface area contributed by atoms with Crippen LogP contribution in [0, 0.1) is 6.92 Å². The van der Waals surface area contributed by atoms with Gasteiger partial charge in [-0.15, -0.1) is 11.3 Å². The predicted octanol–water partition coefficient (Wildman–Crippen LogP) is 2.62. The Labute approximate surface area is 149 Å². The Balaban J connectivity index is 1.77. The molecule has 25 heavy (non-hydrogen) atoms. The van der Waals surface area contributed by atoms with E-state index >= 15 is 0 Å². The van der Waals surface area contributed by atoms with Gasteiger partial charge in [-0.1, -0.05) is 6.07 Å². The van der Waals surface area contributed by atoms with E-state index in [2.05, 4.69) is 20.3 Å². The van der Waals surface area contributed by atoms with Crippen molar-refractivity contribution in [1.29, 1.82) is 0 Å². The Morgan fingerprint density at radius 1 is 1.36 bits per heavy atom. The summed E-state index contributed by atoms with van der Waals surface area (Å²) in [5, 5.41) is 4.88. The Hall–Kier alpha value is -2.80. The van der Waals surface area contributed by atoms with Crippen molar-refractivity contribution in [2.75, 3.05) is 0 Å². The van der Waals surface area contributed by atoms with Gasteiger partial charge in [0.1, 0.15) is 5.82 Å². The summed E-state index contributed by atoms with van der Waals surface area (Å²) < 4.78 is 0. The lowest BCUT2D eigenvalue weighted by Gasteiger charge is -2.13. The molecule has 3 aromatic rings. The summed E-state index contributed by atoms with van der Waals surface area (Å²) in [6.45, 7) is 3.66. The van der Waals surface area contributed by atoms with E-state index in [9.17, 15) is 9.59 Å². The van der Waals surface area contributed by atoms with Crippen LogP contribution in [0.25, 0.3) is 11.4 Å². The van der Waals surface area contributed by atoms with E-state index in [4.69, 9.17) is 0 Å². The van der Waals surface area contributed by atoms with Crippen LogP contribution in [0.4, 0.5) is 0 Å². The smallest absolute Gasteiger partial charge is 0.255 e. The highest BCUT2D eigenvalue weighted by atomic mass is 32.1. The van der Waals surface area contributed by atoms with E-state index in [1.54, 1.807) is 36.7 Å². The number of carbonyl (C=O) groups is 1. The van der Waals surface area contributed by atoms with Crippen LogP contribution in [0.3, 0.4) is 0 Å². The lowest BCUT2D eigenvalue weighted by atomic mass is 10.1. The van der Waals surface area contributed by atoms with Gasteiger partial charge in [0.2, 0.25) is 5.91 Å². The molecular weight excluding hydrogens is 336 g/mol. The van der Waals surface area contributed by atoms with Gasteiger partial charge in [-0.25, -0.2) is 4.98 Å². The van der Waals surface area contributed by atoms with Crippen molar-refractivity contribution in [3.05, 3.63) is 68.5 Å². The number of pyridine rings is 1. The molecule has 3 heterocycles. The fourth-order valence-electron chi connectivity index (χ4n) is 2.52. The molecule has 0 saturated carbocycles. The first-order chi connectivity index (χ1) is 12.0. The number of aromatic amines is 1. The van der Waals surface area contributed by atoms with Gasteiger partial charge in [-0.2, -0.15) is 0 Å². The van der Waals surface area contributed by atoms with Gasteiger partial charge >= 0.3 is 0 Å². The van der Waals surface area contributed by atoms with Crippen LogP contribution in [0.5, 0.6) is 0 Å². The number of nitrogens with one attached hydrogen (secondary N) is 2. The van der Waals surface area contributed by atoms with E-state index in [1.165, 1.54) is 0 Å². The zero-order valence-corrected chi connectivity index (χ0v) is 14.8. The molecule has 0 fully saturated rings. The average Bonchev–Trinajstić information content (AvgIpc) is 3.13. The third-order valence-corrected chi connectivity index (χ3v) is 4.90. The first-order valence-electron chi connectivity index (χ1n) is 7.87. The molecule has 128 valence electrons. The van der Waals surface area contributed by atoms with Crippen molar-refractivity contribution in [3.63, 3.8) is 0 Å². The van der Waals surface area contributed by atoms with Crippen molar-refractivity contribution in [2.24, 2.45) is 0 Å².